The molecule has 0 bridgehead atoms. The van der Waals surface area contributed by atoms with Crippen molar-refractivity contribution in [1.29, 1.82) is 0 Å². The Bertz CT molecular complexity index is 2060. The van der Waals surface area contributed by atoms with Crippen LogP contribution in [0.4, 0.5) is 0 Å². The number of likely N-dealkylation sites (tertiary alicyclic amines) is 2. The van der Waals surface area contributed by atoms with Gasteiger partial charge in [0.25, 0.3) is 0 Å². The van der Waals surface area contributed by atoms with Crippen LogP contribution in [0, 0.1) is 23.7 Å². The maximum atomic E-state index is 14.5. The zero-order valence-corrected chi connectivity index (χ0v) is 42.6. The van der Waals surface area contributed by atoms with Crippen LogP contribution in [0.3, 0.4) is 0 Å². The van der Waals surface area contributed by atoms with Gasteiger partial charge in [0.05, 0.1) is 6.04 Å². The maximum absolute atomic E-state index is 14.5. The van der Waals surface area contributed by atoms with Crippen molar-refractivity contribution >= 4 is 59.1 Å². The van der Waals surface area contributed by atoms with E-state index in [2.05, 4.69) is 37.2 Å². The minimum absolute atomic E-state index is 0.00697. The number of carbonyl (C=O) groups excluding carboxylic acids is 9. The lowest BCUT2D eigenvalue weighted by Crippen LogP contribution is -2.62. The van der Waals surface area contributed by atoms with Crippen molar-refractivity contribution in [2.45, 2.75) is 174 Å². The number of nitrogens with two attached hydrogens (primary N) is 1. The topological polar surface area (TPSA) is 308 Å². The highest BCUT2D eigenvalue weighted by molar-refractivity contribution is 5.98. The van der Waals surface area contributed by atoms with E-state index in [1.807, 2.05) is 13.8 Å². The number of hydrogen-bond acceptors (Lipinski definition) is 11. The summed E-state index contributed by atoms with van der Waals surface area (Å²) in [6, 6.07) is -0.456. The lowest BCUT2D eigenvalue weighted by Gasteiger charge is -2.35. The summed E-state index contributed by atoms with van der Waals surface area (Å²) in [6.45, 7) is 15.4. The molecule has 394 valence electrons. The summed E-state index contributed by atoms with van der Waals surface area (Å²) in [5.41, 5.74) is 5.89. The van der Waals surface area contributed by atoms with Gasteiger partial charge in [-0.3, -0.25) is 43.2 Å². The molecule has 0 unspecified atom stereocenters. The molecule has 0 saturated carbocycles. The summed E-state index contributed by atoms with van der Waals surface area (Å²) in [5.74, 6) is -7.89. The first-order chi connectivity index (χ1) is 33.5. The van der Waals surface area contributed by atoms with E-state index in [4.69, 9.17) is 5.73 Å². The van der Waals surface area contributed by atoms with Crippen molar-refractivity contribution < 1.29 is 53.1 Å². The van der Waals surface area contributed by atoms with Gasteiger partial charge < -0.3 is 57.9 Å². The predicted octanol–water partition coefficient (Wildman–Crippen LogP) is 0.236. The van der Waals surface area contributed by atoms with E-state index in [0.29, 0.717) is 37.8 Å². The molecule has 1 aromatic carbocycles. The molecular formula is C50H78N10O11. The van der Waals surface area contributed by atoms with Crippen LogP contribution >= 0.6 is 0 Å². The van der Waals surface area contributed by atoms with Gasteiger partial charge in [-0.05, 0) is 87.1 Å². The van der Waals surface area contributed by atoms with E-state index in [0.717, 1.165) is 6.42 Å². The molecule has 3 heterocycles. The van der Waals surface area contributed by atoms with Crippen molar-refractivity contribution in [1.82, 2.24) is 47.0 Å². The maximum Gasteiger partial charge on any atom is 0.326 e. The van der Waals surface area contributed by atoms with Crippen LogP contribution < -0.4 is 43.0 Å². The Morgan fingerprint density at radius 1 is 0.620 bits per heavy atom. The molecule has 1 aromatic rings. The first-order valence-corrected chi connectivity index (χ1v) is 25.2. The number of carboxylic acid groups (broad SMARTS) is 1. The molecule has 4 rings (SSSR count). The van der Waals surface area contributed by atoms with E-state index in [9.17, 15) is 53.1 Å². The fraction of sp³-hybridized carbons (Fsp3) is 0.680. The first-order valence-electron chi connectivity index (χ1n) is 25.2. The van der Waals surface area contributed by atoms with Crippen LogP contribution in [0.5, 0.6) is 0 Å². The Hall–Kier alpha value is -6.12. The zero-order valence-electron chi connectivity index (χ0n) is 42.6. The van der Waals surface area contributed by atoms with E-state index in [-0.39, 0.29) is 62.9 Å². The van der Waals surface area contributed by atoms with Crippen molar-refractivity contribution in [3.05, 3.63) is 35.9 Å². The molecule has 71 heavy (non-hydrogen) atoms. The summed E-state index contributed by atoms with van der Waals surface area (Å²) in [7, 11) is 0. The number of benzene rings is 1. The number of nitrogens with one attached hydrogen (secondary N) is 7. The molecule has 9 amide bonds. The number of primary amides is 1. The van der Waals surface area contributed by atoms with Crippen LogP contribution in [0.1, 0.15) is 119 Å². The summed E-state index contributed by atoms with van der Waals surface area (Å²) in [6.07, 6.45) is 2.59. The van der Waals surface area contributed by atoms with Gasteiger partial charge in [0.1, 0.15) is 48.3 Å². The molecule has 0 aromatic heterocycles. The third kappa shape index (κ3) is 16.5. The highest BCUT2D eigenvalue weighted by Gasteiger charge is 2.45. The zero-order chi connectivity index (χ0) is 52.7. The molecule has 0 spiro atoms. The number of carboxylic acids is 1. The summed E-state index contributed by atoms with van der Waals surface area (Å²) in [5, 5.41) is 29.3. The molecule has 3 fully saturated rings. The standard InChI is InChI=1S/C50H78N10O11/c1-27(2)25-34(43(63)53-33(50(70)71)20-21-38(51)61)54-44(64)35(26-31-15-10-9-11-16-31)55-45(65)36-18-13-23-59(36)48(68)37-19-14-24-60(37)49(69)41(30(7)8)58-47(67)40(29(5)6)57-46(66)39(28(3)4)56-42(62)32-17-12-22-52-32/h9-11,15-16,27-30,32-37,39-41,52H,12-14,17-26H2,1-8H3,(H2,51,61)(H,53,63)(H,54,64)(H,55,65)(H,56,62)(H,57,66)(H,58,67)(H,70,71)/t32-,33-,34-,35-,36-,37-,39-,40-,41-/m0/s1. The van der Waals surface area contributed by atoms with Crippen LogP contribution in [-0.2, 0) is 54.4 Å². The molecule has 0 aliphatic carbocycles. The van der Waals surface area contributed by atoms with Crippen molar-refractivity contribution in [2.24, 2.45) is 29.4 Å². The smallest absolute Gasteiger partial charge is 0.326 e. The van der Waals surface area contributed by atoms with Gasteiger partial charge in [-0.25, -0.2) is 4.79 Å². The monoisotopic (exact) mass is 995 g/mol. The van der Waals surface area contributed by atoms with Gasteiger partial charge in [0.2, 0.25) is 53.2 Å². The highest BCUT2D eigenvalue weighted by atomic mass is 16.4. The van der Waals surface area contributed by atoms with Gasteiger partial charge >= 0.3 is 5.97 Å². The molecule has 21 nitrogen and oxygen atoms in total. The average molecular weight is 995 g/mol. The summed E-state index contributed by atoms with van der Waals surface area (Å²) in [4.78, 5) is 138. The van der Waals surface area contributed by atoms with Gasteiger partial charge in [-0.1, -0.05) is 85.7 Å². The number of rotatable bonds is 25. The lowest BCUT2D eigenvalue weighted by atomic mass is 9.97. The Kier molecular flexibility index (Phi) is 21.8. The number of amides is 9. The minimum Gasteiger partial charge on any atom is -0.480 e. The highest BCUT2D eigenvalue weighted by Crippen LogP contribution is 2.27. The van der Waals surface area contributed by atoms with Gasteiger partial charge in [-0.15, -0.1) is 0 Å². The number of hydrogen-bond donors (Lipinski definition) is 9. The Morgan fingerprint density at radius 2 is 1.17 bits per heavy atom. The molecule has 9 atom stereocenters. The van der Waals surface area contributed by atoms with E-state index in [1.54, 1.807) is 71.9 Å². The van der Waals surface area contributed by atoms with E-state index in [1.165, 1.54) is 9.80 Å². The Morgan fingerprint density at radius 3 is 1.72 bits per heavy atom. The molecule has 3 saturated heterocycles. The lowest BCUT2D eigenvalue weighted by molar-refractivity contribution is -0.148. The largest absolute Gasteiger partial charge is 0.480 e. The summed E-state index contributed by atoms with van der Waals surface area (Å²) < 4.78 is 0. The second-order valence-corrected chi connectivity index (χ2v) is 20.6. The van der Waals surface area contributed by atoms with Gasteiger partial charge in [0, 0.05) is 25.9 Å². The van der Waals surface area contributed by atoms with E-state index >= 15 is 0 Å². The minimum atomic E-state index is -1.45. The normalized spacial score (nSPS) is 20.4. The third-order valence-corrected chi connectivity index (χ3v) is 13.3. The second-order valence-electron chi connectivity index (χ2n) is 20.6. The number of carbonyl (C=O) groups is 10. The van der Waals surface area contributed by atoms with Gasteiger partial charge in [0.15, 0.2) is 0 Å². The van der Waals surface area contributed by atoms with Crippen LogP contribution in [0.2, 0.25) is 0 Å². The van der Waals surface area contributed by atoms with Crippen molar-refractivity contribution in [3.8, 4) is 0 Å². The molecule has 21 heteroatoms. The second kappa shape index (κ2) is 26.9. The fourth-order valence-corrected chi connectivity index (χ4v) is 9.31. The molecular weight excluding hydrogens is 917 g/mol. The quantitative estimate of drug-likeness (QED) is 0.0637. The first kappa shape index (κ1) is 57.5. The number of nitrogens with zero attached hydrogens (tertiary/aromatic N) is 2. The molecule has 3 aliphatic heterocycles. The predicted molar refractivity (Wildman–Crippen MR) is 262 cm³/mol. The van der Waals surface area contributed by atoms with Crippen LogP contribution in [-0.4, -0.2) is 148 Å². The van der Waals surface area contributed by atoms with Crippen LogP contribution in [0.25, 0.3) is 0 Å². The van der Waals surface area contributed by atoms with E-state index < -0.39 is 119 Å². The number of aliphatic carboxylic acids is 1. The Balaban J connectivity index is 1.49. The fourth-order valence-electron chi connectivity index (χ4n) is 9.31. The average Bonchev–Trinajstić information content (AvgIpc) is 4.13. The molecule has 10 N–H and O–H groups in total. The molecule has 3 aliphatic rings. The van der Waals surface area contributed by atoms with Crippen molar-refractivity contribution in [2.75, 3.05) is 19.6 Å². The SMILES string of the molecule is CC(C)C[C@H](NC(=O)[C@H](Cc1ccccc1)NC(=O)[C@@H]1CCCN1C(=O)[C@@H]1CCCN1C(=O)[C@@H](NC(=O)[C@@H](NC(=O)[C@@H](NC(=O)[C@@H]1CCCN1)C(C)C)C(C)C)C(C)C)C(=O)N[C@@H](CCC(N)=O)C(=O)O. The summed E-state index contributed by atoms with van der Waals surface area (Å²) >= 11 is 0. The Labute approximate surface area is 417 Å². The van der Waals surface area contributed by atoms with Crippen molar-refractivity contribution in [3.63, 3.8) is 0 Å². The molecule has 0 radical (unpaired) electrons. The van der Waals surface area contributed by atoms with Gasteiger partial charge in [-0.2, -0.15) is 0 Å². The van der Waals surface area contributed by atoms with Crippen LogP contribution in [0.15, 0.2) is 30.3 Å². The third-order valence-electron chi connectivity index (χ3n) is 13.3.